The molecule has 50 valence electrons. The highest BCUT2D eigenvalue weighted by Gasteiger charge is 1.94. The second-order valence-corrected chi connectivity index (χ2v) is 1.20. The van der Waals surface area contributed by atoms with Crippen molar-refractivity contribution in [2.24, 2.45) is 0 Å². The van der Waals surface area contributed by atoms with E-state index in [1.807, 2.05) is 0 Å². The van der Waals surface area contributed by atoms with Crippen LogP contribution in [0.4, 0.5) is 4.79 Å². The van der Waals surface area contributed by atoms with Crippen molar-refractivity contribution in [3.8, 4) is 0 Å². The summed E-state index contributed by atoms with van der Waals surface area (Å²) in [7, 11) is 0. The van der Waals surface area contributed by atoms with Gasteiger partial charge in [0.05, 0.1) is 6.61 Å². The lowest BCUT2D eigenvalue weighted by atomic mass is 10.9. The Kier molecular flexibility index (Phi) is 10.1. The minimum absolute atomic E-state index is 0. The molecule has 0 fully saturated rings. The molecule has 0 aliphatic rings. The van der Waals surface area contributed by atoms with E-state index in [0.717, 1.165) is 0 Å². The lowest BCUT2D eigenvalue weighted by Crippen LogP contribution is -1.98. The van der Waals surface area contributed by atoms with Crippen molar-refractivity contribution in [3.63, 3.8) is 0 Å². The van der Waals surface area contributed by atoms with E-state index in [9.17, 15) is 4.79 Å². The van der Waals surface area contributed by atoms with E-state index in [-0.39, 0.29) is 12.4 Å². The van der Waals surface area contributed by atoms with Crippen LogP contribution in [0.3, 0.4) is 0 Å². The third kappa shape index (κ3) is 6.29. The van der Waals surface area contributed by atoms with Crippen LogP contribution in [0.15, 0.2) is 0 Å². The summed E-state index contributed by atoms with van der Waals surface area (Å²) in [5.74, 6) is 0. The van der Waals surface area contributed by atoms with Gasteiger partial charge in [-0.05, 0) is 6.92 Å². The monoisotopic (exact) mass is 252 g/mol. The molecule has 0 heterocycles. The fourth-order valence-corrected chi connectivity index (χ4v) is 0.267. The lowest BCUT2D eigenvalue weighted by molar-refractivity contribution is 0.118. The first-order valence-electron chi connectivity index (χ1n) is 1.76. The summed E-state index contributed by atoms with van der Waals surface area (Å²) in [6.07, 6.45) is -0.636. The first kappa shape index (κ1) is 11.1. The van der Waals surface area contributed by atoms with Crippen molar-refractivity contribution >= 4 is 41.6 Å². The number of hydrogen-bond donors (Lipinski definition) is 0. The Bertz CT molecular complexity index is 67.5. The van der Waals surface area contributed by atoms with Crippen molar-refractivity contribution in [2.45, 2.75) is 6.92 Å². The fourth-order valence-electron chi connectivity index (χ4n) is 0.140. The molecule has 0 aliphatic carbocycles. The molecular formula is C3H6ClIO3. The summed E-state index contributed by atoms with van der Waals surface area (Å²) in [4.78, 5) is 9.96. The maximum absolute atomic E-state index is 9.96. The highest BCUT2D eigenvalue weighted by atomic mass is 127. The molecule has 0 bridgehead atoms. The molecule has 0 aromatic carbocycles. The predicted octanol–water partition coefficient (Wildman–Crippen LogP) is 1.93. The Labute approximate surface area is 67.8 Å². The largest absolute Gasteiger partial charge is 0.517 e. The Morgan fingerprint density at radius 3 is 2.38 bits per heavy atom. The topological polar surface area (TPSA) is 35.5 Å². The Morgan fingerprint density at radius 2 is 2.25 bits per heavy atom. The fraction of sp³-hybridized carbons (Fsp3) is 0.667. The van der Waals surface area contributed by atoms with Crippen LogP contribution in [0.1, 0.15) is 6.92 Å². The summed E-state index contributed by atoms with van der Waals surface area (Å²) < 4.78 is 8.42. The normalized spacial score (nSPS) is 6.75. The minimum atomic E-state index is -0.636. The van der Waals surface area contributed by atoms with Crippen LogP contribution >= 0.6 is 35.4 Å². The summed E-state index contributed by atoms with van der Waals surface area (Å²) >= 11 is 1.46. The third-order valence-electron chi connectivity index (χ3n) is 0.325. The van der Waals surface area contributed by atoms with Crippen LogP contribution in [0.25, 0.3) is 0 Å². The van der Waals surface area contributed by atoms with Gasteiger partial charge in [0.25, 0.3) is 0 Å². The Balaban J connectivity index is 0. The van der Waals surface area contributed by atoms with E-state index in [1.165, 1.54) is 23.0 Å². The van der Waals surface area contributed by atoms with Gasteiger partial charge in [0.15, 0.2) is 23.0 Å². The van der Waals surface area contributed by atoms with Gasteiger partial charge in [0.2, 0.25) is 0 Å². The van der Waals surface area contributed by atoms with Gasteiger partial charge >= 0.3 is 6.16 Å². The lowest BCUT2D eigenvalue weighted by Gasteiger charge is -1.92. The predicted molar refractivity (Wildman–Crippen MR) is 39.4 cm³/mol. The standard InChI is InChI=1S/C3H5IO3.ClH/c1-2-6-3(5)7-4;/h2H2,1H3;1H. The zero-order valence-corrected chi connectivity index (χ0v) is 7.19. The van der Waals surface area contributed by atoms with E-state index in [0.29, 0.717) is 6.61 Å². The molecule has 0 aromatic heterocycles. The molecule has 0 rings (SSSR count). The van der Waals surface area contributed by atoms with Crippen LogP contribution in [-0.4, -0.2) is 12.8 Å². The van der Waals surface area contributed by atoms with Gasteiger partial charge in [0.1, 0.15) is 0 Å². The quantitative estimate of drug-likeness (QED) is 0.528. The molecule has 0 saturated carbocycles. The van der Waals surface area contributed by atoms with Crippen LogP contribution in [0, 0.1) is 0 Å². The molecule has 0 atom stereocenters. The maximum Gasteiger partial charge on any atom is 0.517 e. The molecule has 0 saturated heterocycles. The van der Waals surface area contributed by atoms with Gasteiger partial charge < -0.3 is 7.80 Å². The Hall–Kier alpha value is 0.290. The van der Waals surface area contributed by atoms with E-state index >= 15 is 0 Å². The van der Waals surface area contributed by atoms with Crippen molar-refractivity contribution < 1.29 is 12.6 Å². The molecule has 0 N–H and O–H groups in total. The summed E-state index contributed by atoms with van der Waals surface area (Å²) in [6.45, 7) is 2.08. The molecule has 3 nitrogen and oxygen atoms in total. The molecule has 0 aliphatic heterocycles. The SMILES string of the molecule is CCOC(=O)OI.Cl. The second-order valence-electron chi connectivity index (χ2n) is 0.760. The van der Waals surface area contributed by atoms with Crippen molar-refractivity contribution in [1.82, 2.24) is 0 Å². The Morgan fingerprint density at radius 1 is 1.75 bits per heavy atom. The minimum Gasteiger partial charge on any atom is -0.434 e. The number of hydrogen-bond acceptors (Lipinski definition) is 3. The van der Waals surface area contributed by atoms with E-state index in [2.05, 4.69) is 7.80 Å². The van der Waals surface area contributed by atoms with Gasteiger partial charge in [0, 0.05) is 0 Å². The van der Waals surface area contributed by atoms with Crippen LogP contribution < -0.4 is 0 Å². The first-order chi connectivity index (χ1) is 3.31. The van der Waals surface area contributed by atoms with E-state index in [4.69, 9.17) is 0 Å². The molecule has 8 heavy (non-hydrogen) atoms. The van der Waals surface area contributed by atoms with E-state index < -0.39 is 6.16 Å². The summed E-state index contributed by atoms with van der Waals surface area (Å²) in [6, 6.07) is 0. The summed E-state index contributed by atoms with van der Waals surface area (Å²) in [5.41, 5.74) is 0. The van der Waals surface area contributed by atoms with Crippen molar-refractivity contribution in [3.05, 3.63) is 0 Å². The number of ether oxygens (including phenoxy) is 1. The molecule has 0 radical (unpaired) electrons. The highest BCUT2D eigenvalue weighted by Crippen LogP contribution is 1.89. The zero-order valence-electron chi connectivity index (χ0n) is 4.22. The molecule has 0 amide bonds. The van der Waals surface area contributed by atoms with Gasteiger partial charge in [-0.1, -0.05) is 0 Å². The summed E-state index contributed by atoms with van der Waals surface area (Å²) in [5, 5.41) is 0. The van der Waals surface area contributed by atoms with Crippen molar-refractivity contribution in [1.29, 1.82) is 0 Å². The van der Waals surface area contributed by atoms with Gasteiger partial charge in [-0.25, -0.2) is 4.79 Å². The van der Waals surface area contributed by atoms with Crippen LogP contribution in [0.5, 0.6) is 0 Å². The molecule has 0 spiro atoms. The van der Waals surface area contributed by atoms with E-state index in [1.54, 1.807) is 6.92 Å². The average molecular weight is 252 g/mol. The highest BCUT2D eigenvalue weighted by molar-refractivity contribution is 14.1. The van der Waals surface area contributed by atoms with Crippen LogP contribution in [0.2, 0.25) is 0 Å². The molecule has 5 heteroatoms. The number of halogens is 2. The maximum atomic E-state index is 9.96. The number of rotatable bonds is 1. The third-order valence-corrected chi connectivity index (χ3v) is 0.685. The molecule has 0 aromatic rings. The second kappa shape index (κ2) is 7.29. The zero-order chi connectivity index (χ0) is 5.70. The van der Waals surface area contributed by atoms with Crippen LogP contribution in [-0.2, 0) is 7.80 Å². The average Bonchev–Trinajstić information content (AvgIpc) is 1.68. The van der Waals surface area contributed by atoms with Crippen molar-refractivity contribution in [2.75, 3.05) is 6.61 Å². The van der Waals surface area contributed by atoms with Gasteiger partial charge in [-0.15, -0.1) is 12.4 Å². The first-order valence-corrected chi connectivity index (χ1v) is 2.64. The molecule has 0 unspecified atom stereocenters. The molecular weight excluding hydrogens is 246 g/mol. The number of carbonyl (C=O) groups is 1. The smallest absolute Gasteiger partial charge is 0.434 e. The number of carbonyl (C=O) groups excluding carboxylic acids is 1. The van der Waals surface area contributed by atoms with Gasteiger partial charge in [-0.3, -0.25) is 0 Å². The van der Waals surface area contributed by atoms with Gasteiger partial charge in [-0.2, -0.15) is 0 Å².